The van der Waals surface area contributed by atoms with E-state index in [1.807, 2.05) is 0 Å². The molecule has 0 aliphatic heterocycles. The van der Waals surface area contributed by atoms with Crippen LogP contribution in [0, 0.1) is 0 Å². The van der Waals surface area contributed by atoms with Crippen LogP contribution in [0.2, 0.25) is 0 Å². The quantitative estimate of drug-likeness (QED) is 0.151. The third-order valence-corrected chi connectivity index (χ3v) is 11.0. The fourth-order valence-corrected chi connectivity index (χ4v) is 8.20. The summed E-state index contributed by atoms with van der Waals surface area (Å²) in [5.41, 5.74) is 15.1. The maximum atomic E-state index is 2.47. The molecule has 0 amide bonds. The predicted octanol–water partition coefficient (Wildman–Crippen LogP) is 15.8. The van der Waals surface area contributed by atoms with Gasteiger partial charge in [0.25, 0.3) is 0 Å². The lowest BCUT2D eigenvalue weighted by atomic mass is 9.89. The van der Waals surface area contributed by atoms with Gasteiger partial charge < -0.3 is 4.90 Å². The molecule has 0 bridgehead atoms. The van der Waals surface area contributed by atoms with Crippen molar-refractivity contribution in [2.75, 3.05) is 4.90 Å². The van der Waals surface area contributed by atoms with Crippen molar-refractivity contribution in [3.05, 3.63) is 237 Å². The molecule has 0 unspecified atom stereocenters. The zero-order valence-corrected chi connectivity index (χ0v) is 31.5. The Morgan fingerprint density at radius 2 is 0.702 bits per heavy atom. The van der Waals surface area contributed by atoms with Gasteiger partial charge in [0.1, 0.15) is 0 Å². The summed E-state index contributed by atoms with van der Waals surface area (Å²) in [6.45, 7) is 0. The van der Waals surface area contributed by atoms with Gasteiger partial charge in [0.05, 0.1) is 11.4 Å². The molecule has 0 N–H and O–H groups in total. The first kappa shape index (κ1) is 34.0. The van der Waals surface area contributed by atoms with Crippen LogP contribution in [0.4, 0.5) is 17.1 Å². The van der Waals surface area contributed by atoms with Crippen LogP contribution < -0.4 is 4.90 Å². The number of hydrogen-bond acceptors (Lipinski definition) is 1. The normalized spacial score (nSPS) is 11.2. The fourth-order valence-electron chi connectivity index (χ4n) is 8.20. The largest absolute Gasteiger partial charge is 0.309 e. The molecule has 0 heterocycles. The molecule has 1 heteroatoms. The molecule has 0 aromatic heterocycles. The Balaban J connectivity index is 1.27. The minimum Gasteiger partial charge on any atom is -0.309 e. The lowest BCUT2D eigenvalue weighted by Crippen LogP contribution is -2.13. The van der Waals surface area contributed by atoms with Crippen molar-refractivity contribution in [2.24, 2.45) is 0 Å². The van der Waals surface area contributed by atoms with Crippen LogP contribution >= 0.6 is 0 Å². The Bertz CT molecular complexity index is 2990. The van der Waals surface area contributed by atoms with Gasteiger partial charge in [-0.15, -0.1) is 0 Å². The SMILES string of the molecule is c1ccc(-c2ccc(N(c3ccc(-c4ccccc4)cc3-c3ccccc3)c3cccc(-c4ccc5ccccc5c4)c3-c3ccc4ccccc4c3)cc2)cc1. The van der Waals surface area contributed by atoms with Crippen molar-refractivity contribution in [3.63, 3.8) is 0 Å². The van der Waals surface area contributed by atoms with Crippen LogP contribution in [0.5, 0.6) is 0 Å². The van der Waals surface area contributed by atoms with Crippen LogP contribution in [-0.2, 0) is 0 Å². The highest BCUT2D eigenvalue weighted by atomic mass is 15.1. The number of fused-ring (bicyclic) bond motifs is 2. The zero-order valence-electron chi connectivity index (χ0n) is 31.5. The first-order chi connectivity index (χ1) is 28.3. The van der Waals surface area contributed by atoms with Gasteiger partial charge in [0.2, 0.25) is 0 Å². The van der Waals surface area contributed by atoms with Crippen LogP contribution in [-0.4, -0.2) is 0 Å². The van der Waals surface area contributed by atoms with E-state index in [1.54, 1.807) is 0 Å². The summed E-state index contributed by atoms with van der Waals surface area (Å²) in [6, 6.07) is 85.9. The lowest BCUT2D eigenvalue weighted by Gasteiger charge is -2.31. The van der Waals surface area contributed by atoms with E-state index in [9.17, 15) is 0 Å². The Labute approximate surface area is 334 Å². The number of rotatable bonds is 8. The van der Waals surface area contributed by atoms with Crippen molar-refractivity contribution in [2.45, 2.75) is 0 Å². The average Bonchev–Trinajstić information content (AvgIpc) is 3.30. The molecule has 268 valence electrons. The summed E-state index contributed by atoms with van der Waals surface area (Å²) in [6.07, 6.45) is 0. The summed E-state index contributed by atoms with van der Waals surface area (Å²) in [5.74, 6) is 0. The van der Waals surface area contributed by atoms with E-state index in [0.717, 1.165) is 28.2 Å². The Hall–Kier alpha value is -7.48. The molecule has 0 aliphatic rings. The van der Waals surface area contributed by atoms with Gasteiger partial charge in [-0.2, -0.15) is 0 Å². The monoisotopic (exact) mass is 725 g/mol. The Kier molecular flexibility index (Phi) is 8.95. The fraction of sp³-hybridized carbons (Fsp3) is 0. The minimum absolute atomic E-state index is 1.08. The predicted molar refractivity (Wildman–Crippen MR) is 243 cm³/mol. The van der Waals surface area contributed by atoms with Gasteiger partial charge in [-0.1, -0.05) is 194 Å². The maximum absolute atomic E-state index is 2.47. The molecule has 10 aromatic rings. The minimum atomic E-state index is 1.08. The maximum Gasteiger partial charge on any atom is 0.0546 e. The van der Waals surface area contributed by atoms with E-state index in [1.165, 1.54) is 66.1 Å². The van der Waals surface area contributed by atoms with Crippen molar-refractivity contribution in [1.82, 2.24) is 0 Å². The number of anilines is 3. The molecule has 0 radical (unpaired) electrons. The van der Waals surface area contributed by atoms with Gasteiger partial charge in [-0.3, -0.25) is 0 Å². The van der Waals surface area contributed by atoms with E-state index in [4.69, 9.17) is 0 Å². The van der Waals surface area contributed by atoms with Gasteiger partial charge >= 0.3 is 0 Å². The Morgan fingerprint density at radius 1 is 0.228 bits per heavy atom. The summed E-state index contributed by atoms with van der Waals surface area (Å²) in [5, 5.41) is 4.89. The third kappa shape index (κ3) is 6.66. The third-order valence-electron chi connectivity index (χ3n) is 11.0. The van der Waals surface area contributed by atoms with Crippen molar-refractivity contribution >= 4 is 38.6 Å². The molecule has 0 spiro atoms. The summed E-state index contributed by atoms with van der Waals surface area (Å²) in [4.78, 5) is 2.47. The second kappa shape index (κ2) is 15.0. The van der Waals surface area contributed by atoms with Crippen LogP contribution in [0.25, 0.3) is 77.2 Å². The van der Waals surface area contributed by atoms with E-state index < -0.39 is 0 Å². The molecule has 0 fully saturated rings. The first-order valence-corrected chi connectivity index (χ1v) is 19.6. The molecule has 0 atom stereocenters. The summed E-state index contributed by atoms with van der Waals surface area (Å²) in [7, 11) is 0. The van der Waals surface area contributed by atoms with Gasteiger partial charge in [0, 0.05) is 16.8 Å². The van der Waals surface area contributed by atoms with E-state index in [-0.39, 0.29) is 0 Å². The molecule has 10 aromatic carbocycles. The molecule has 0 saturated heterocycles. The van der Waals surface area contributed by atoms with E-state index in [0.29, 0.717) is 0 Å². The molecule has 10 rings (SSSR count). The second-order valence-electron chi connectivity index (χ2n) is 14.5. The van der Waals surface area contributed by atoms with Crippen molar-refractivity contribution in [3.8, 4) is 55.6 Å². The molecular weight excluding hydrogens is 687 g/mol. The van der Waals surface area contributed by atoms with Crippen molar-refractivity contribution in [1.29, 1.82) is 0 Å². The summed E-state index contributed by atoms with van der Waals surface area (Å²) < 4.78 is 0. The number of benzene rings is 10. The first-order valence-electron chi connectivity index (χ1n) is 19.6. The summed E-state index contributed by atoms with van der Waals surface area (Å²) >= 11 is 0. The molecular formula is C56H39N. The molecule has 57 heavy (non-hydrogen) atoms. The highest BCUT2D eigenvalue weighted by molar-refractivity contribution is 6.02. The van der Waals surface area contributed by atoms with Gasteiger partial charge in [0.15, 0.2) is 0 Å². The standard InChI is InChI=1S/C56H39N/c1-4-15-40(16-5-1)44-31-34-51(35-32-44)57(54-36-33-48(41-17-6-2-7-18-41)39-53(54)45-21-8-3-9-22-45)55-26-14-25-52(49-29-27-42-19-10-12-23-46(42)37-49)56(55)50-30-28-43-20-11-13-24-47(43)38-50/h1-39H. The zero-order chi connectivity index (χ0) is 38.0. The van der Waals surface area contributed by atoms with E-state index in [2.05, 4.69) is 241 Å². The topological polar surface area (TPSA) is 3.24 Å². The molecule has 0 aliphatic carbocycles. The highest BCUT2D eigenvalue weighted by Crippen LogP contribution is 2.49. The van der Waals surface area contributed by atoms with Crippen LogP contribution in [0.1, 0.15) is 0 Å². The van der Waals surface area contributed by atoms with Crippen LogP contribution in [0.3, 0.4) is 0 Å². The van der Waals surface area contributed by atoms with E-state index >= 15 is 0 Å². The van der Waals surface area contributed by atoms with Gasteiger partial charge in [-0.25, -0.2) is 0 Å². The molecule has 0 saturated carbocycles. The second-order valence-corrected chi connectivity index (χ2v) is 14.5. The number of nitrogens with zero attached hydrogens (tertiary/aromatic N) is 1. The van der Waals surface area contributed by atoms with Crippen LogP contribution in [0.15, 0.2) is 237 Å². The molecule has 1 nitrogen and oxygen atoms in total. The lowest BCUT2D eigenvalue weighted by molar-refractivity contribution is 1.28. The highest BCUT2D eigenvalue weighted by Gasteiger charge is 2.24. The smallest absolute Gasteiger partial charge is 0.0546 e. The average molecular weight is 726 g/mol. The number of hydrogen-bond donors (Lipinski definition) is 0. The van der Waals surface area contributed by atoms with Gasteiger partial charge in [-0.05, 0) is 109 Å². The Morgan fingerprint density at radius 3 is 1.33 bits per heavy atom. The van der Waals surface area contributed by atoms with Crippen molar-refractivity contribution < 1.29 is 0 Å².